The number of nitrogens with zero attached hydrogens (tertiary/aromatic N) is 3. The van der Waals surface area contributed by atoms with Crippen LogP contribution in [0.2, 0.25) is 0 Å². The Labute approximate surface area is 157 Å². The van der Waals surface area contributed by atoms with Crippen molar-refractivity contribution in [2.75, 3.05) is 11.9 Å². The Morgan fingerprint density at radius 1 is 0.815 bits per heavy atom. The van der Waals surface area contributed by atoms with E-state index < -0.39 is 0 Å². The third kappa shape index (κ3) is 3.98. The molecule has 0 spiro atoms. The first-order chi connectivity index (χ1) is 13.3. The minimum atomic E-state index is 0.481. The lowest BCUT2D eigenvalue weighted by atomic mass is 10.2. The lowest BCUT2D eigenvalue weighted by molar-refractivity contribution is 0.477. The van der Waals surface area contributed by atoms with Crippen molar-refractivity contribution < 1.29 is 9.15 Å². The van der Waals surface area contributed by atoms with Gasteiger partial charge < -0.3 is 14.1 Å². The SMILES string of the molecule is CN(Cc1nnc(-c2ccccc2)o1)c1ccccc1Oc1ccccc1. The first-order valence-electron chi connectivity index (χ1n) is 8.70. The molecule has 4 aromatic rings. The van der Waals surface area contributed by atoms with Crippen molar-refractivity contribution >= 4 is 5.69 Å². The molecule has 134 valence electrons. The van der Waals surface area contributed by atoms with Crippen molar-refractivity contribution in [3.8, 4) is 23.0 Å². The summed E-state index contributed by atoms with van der Waals surface area (Å²) in [4.78, 5) is 2.03. The number of para-hydroxylation sites is 3. The average Bonchev–Trinajstić information content (AvgIpc) is 3.18. The molecule has 0 amide bonds. The van der Waals surface area contributed by atoms with Crippen LogP contribution in [0.15, 0.2) is 89.3 Å². The van der Waals surface area contributed by atoms with E-state index in [1.165, 1.54) is 0 Å². The normalized spacial score (nSPS) is 10.6. The molecule has 0 aliphatic carbocycles. The fourth-order valence-electron chi connectivity index (χ4n) is 2.78. The van der Waals surface area contributed by atoms with Crippen LogP contribution in [0.3, 0.4) is 0 Å². The molecule has 0 aliphatic heterocycles. The highest BCUT2D eigenvalue weighted by Crippen LogP contribution is 2.32. The number of anilines is 1. The molecular formula is C22H19N3O2. The zero-order chi connectivity index (χ0) is 18.5. The van der Waals surface area contributed by atoms with Crippen molar-refractivity contribution in [1.82, 2.24) is 10.2 Å². The van der Waals surface area contributed by atoms with E-state index in [1.807, 2.05) is 96.9 Å². The van der Waals surface area contributed by atoms with Gasteiger partial charge in [0.25, 0.3) is 0 Å². The van der Waals surface area contributed by atoms with Crippen LogP contribution in [-0.4, -0.2) is 17.2 Å². The number of hydrogen-bond acceptors (Lipinski definition) is 5. The van der Waals surface area contributed by atoms with Gasteiger partial charge >= 0.3 is 0 Å². The average molecular weight is 357 g/mol. The second-order valence-corrected chi connectivity index (χ2v) is 6.11. The molecule has 5 heteroatoms. The van der Waals surface area contributed by atoms with E-state index in [9.17, 15) is 0 Å². The van der Waals surface area contributed by atoms with E-state index in [4.69, 9.17) is 9.15 Å². The fraction of sp³-hybridized carbons (Fsp3) is 0.0909. The maximum absolute atomic E-state index is 6.03. The van der Waals surface area contributed by atoms with Crippen LogP contribution in [0, 0.1) is 0 Å². The lowest BCUT2D eigenvalue weighted by Gasteiger charge is -2.20. The quantitative estimate of drug-likeness (QED) is 0.477. The summed E-state index contributed by atoms with van der Waals surface area (Å²) in [6, 6.07) is 27.4. The maximum Gasteiger partial charge on any atom is 0.247 e. The Kier molecular flexibility index (Phi) is 4.83. The van der Waals surface area contributed by atoms with Gasteiger partial charge in [0.05, 0.1) is 12.2 Å². The molecule has 0 unspecified atom stereocenters. The summed E-state index contributed by atoms with van der Waals surface area (Å²) in [7, 11) is 1.97. The summed E-state index contributed by atoms with van der Waals surface area (Å²) in [5, 5.41) is 8.32. The third-order valence-corrected chi connectivity index (χ3v) is 4.11. The van der Waals surface area contributed by atoms with Gasteiger partial charge in [0.1, 0.15) is 5.75 Å². The van der Waals surface area contributed by atoms with Crippen LogP contribution in [0.4, 0.5) is 5.69 Å². The van der Waals surface area contributed by atoms with Gasteiger partial charge in [0.15, 0.2) is 5.75 Å². The number of aromatic nitrogens is 2. The van der Waals surface area contributed by atoms with Crippen LogP contribution in [0.1, 0.15) is 5.89 Å². The predicted octanol–water partition coefficient (Wildman–Crippen LogP) is 5.17. The molecular weight excluding hydrogens is 338 g/mol. The van der Waals surface area contributed by atoms with Crippen LogP contribution in [0.25, 0.3) is 11.5 Å². The molecule has 0 atom stereocenters. The van der Waals surface area contributed by atoms with E-state index in [0.717, 1.165) is 22.7 Å². The van der Waals surface area contributed by atoms with Crippen LogP contribution < -0.4 is 9.64 Å². The standard InChI is InChI=1S/C22H19N3O2/c1-25(16-21-23-24-22(27-21)17-10-4-2-5-11-17)19-14-8-9-15-20(19)26-18-12-6-3-7-13-18/h2-15H,16H2,1H3. The Hall–Kier alpha value is -3.60. The molecule has 0 fully saturated rings. The topological polar surface area (TPSA) is 51.4 Å². The van der Waals surface area contributed by atoms with Crippen molar-refractivity contribution in [3.63, 3.8) is 0 Å². The molecule has 0 saturated carbocycles. The first kappa shape index (κ1) is 16.8. The van der Waals surface area contributed by atoms with Crippen molar-refractivity contribution in [2.45, 2.75) is 6.54 Å². The van der Waals surface area contributed by atoms with Gasteiger partial charge in [0, 0.05) is 12.6 Å². The van der Waals surface area contributed by atoms with E-state index in [-0.39, 0.29) is 0 Å². The number of hydrogen-bond donors (Lipinski definition) is 0. The van der Waals surface area contributed by atoms with Crippen LogP contribution in [0.5, 0.6) is 11.5 Å². The Morgan fingerprint density at radius 3 is 2.26 bits per heavy atom. The summed E-state index contributed by atoms with van der Waals surface area (Å²) in [5.41, 5.74) is 1.85. The smallest absolute Gasteiger partial charge is 0.247 e. The summed E-state index contributed by atoms with van der Waals surface area (Å²) in [5.74, 6) is 2.63. The molecule has 0 radical (unpaired) electrons. The second-order valence-electron chi connectivity index (χ2n) is 6.11. The predicted molar refractivity (Wildman–Crippen MR) is 105 cm³/mol. The van der Waals surface area contributed by atoms with Crippen LogP contribution >= 0.6 is 0 Å². The minimum Gasteiger partial charge on any atom is -0.455 e. The van der Waals surface area contributed by atoms with E-state index in [2.05, 4.69) is 10.2 Å². The Morgan fingerprint density at radius 2 is 1.48 bits per heavy atom. The second kappa shape index (κ2) is 7.74. The van der Waals surface area contributed by atoms with Gasteiger partial charge in [-0.05, 0) is 36.4 Å². The molecule has 0 bridgehead atoms. The van der Waals surface area contributed by atoms with Crippen molar-refractivity contribution in [3.05, 3.63) is 90.8 Å². The third-order valence-electron chi connectivity index (χ3n) is 4.11. The molecule has 0 saturated heterocycles. The molecule has 0 aliphatic rings. The van der Waals surface area contributed by atoms with Gasteiger partial charge in [-0.1, -0.05) is 48.5 Å². The molecule has 0 N–H and O–H groups in total. The Balaban J connectivity index is 1.52. The van der Waals surface area contributed by atoms with Gasteiger partial charge in [-0.2, -0.15) is 0 Å². The molecule has 5 nitrogen and oxygen atoms in total. The number of benzene rings is 3. The molecule has 1 aromatic heterocycles. The lowest BCUT2D eigenvalue weighted by Crippen LogP contribution is -2.17. The highest BCUT2D eigenvalue weighted by molar-refractivity contribution is 5.59. The van der Waals surface area contributed by atoms with Crippen molar-refractivity contribution in [1.29, 1.82) is 0 Å². The summed E-state index contributed by atoms with van der Waals surface area (Å²) >= 11 is 0. The van der Waals surface area contributed by atoms with Gasteiger partial charge in [-0.15, -0.1) is 10.2 Å². The highest BCUT2D eigenvalue weighted by atomic mass is 16.5. The zero-order valence-electron chi connectivity index (χ0n) is 14.9. The van der Waals surface area contributed by atoms with E-state index >= 15 is 0 Å². The van der Waals surface area contributed by atoms with Gasteiger partial charge in [0.2, 0.25) is 11.8 Å². The summed E-state index contributed by atoms with van der Waals surface area (Å²) in [6.45, 7) is 0.481. The van der Waals surface area contributed by atoms with Crippen molar-refractivity contribution in [2.24, 2.45) is 0 Å². The van der Waals surface area contributed by atoms with E-state index in [1.54, 1.807) is 0 Å². The summed E-state index contributed by atoms with van der Waals surface area (Å²) < 4.78 is 11.8. The molecule has 27 heavy (non-hydrogen) atoms. The van der Waals surface area contributed by atoms with Gasteiger partial charge in [-0.3, -0.25) is 0 Å². The number of ether oxygens (including phenoxy) is 1. The maximum atomic E-state index is 6.03. The zero-order valence-corrected chi connectivity index (χ0v) is 14.9. The monoisotopic (exact) mass is 357 g/mol. The molecule has 4 rings (SSSR count). The summed E-state index contributed by atoms with van der Waals surface area (Å²) in [6.07, 6.45) is 0. The number of rotatable bonds is 6. The Bertz CT molecular complexity index is 1000. The fourth-order valence-corrected chi connectivity index (χ4v) is 2.78. The molecule has 3 aromatic carbocycles. The molecule has 1 heterocycles. The highest BCUT2D eigenvalue weighted by Gasteiger charge is 2.14. The van der Waals surface area contributed by atoms with Crippen LogP contribution in [-0.2, 0) is 6.54 Å². The minimum absolute atomic E-state index is 0.481. The first-order valence-corrected chi connectivity index (χ1v) is 8.70. The largest absolute Gasteiger partial charge is 0.455 e. The van der Waals surface area contributed by atoms with Gasteiger partial charge in [-0.25, -0.2) is 0 Å². The van der Waals surface area contributed by atoms with E-state index in [0.29, 0.717) is 18.3 Å².